The summed E-state index contributed by atoms with van der Waals surface area (Å²) in [5.41, 5.74) is 1.40. The fraction of sp³-hybridized carbons (Fsp3) is 0.714. The standard InChI is InChI=1S/C14H25N3O3/c1-4-20-14(18)12-10-16-17(2)13(12)11-15-8-6-5-7-9-19-3/h10,15H,4-9,11H2,1-3H3. The molecule has 0 aliphatic heterocycles. The fourth-order valence-corrected chi connectivity index (χ4v) is 1.93. The van der Waals surface area contributed by atoms with Crippen LogP contribution in [0.25, 0.3) is 0 Å². The molecular weight excluding hydrogens is 258 g/mol. The Morgan fingerprint density at radius 3 is 2.90 bits per heavy atom. The first-order valence-electron chi connectivity index (χ1n) is 7.08. The van der Waals surface area contributed by atoms with Crippen LogP contribution in [0.1, 0.15) is 42.2 Å². The Bertz CT molecular complexity index is 404. The number of methoxy groups -OCH3 is 1. The largest absolute Gasteiger partial charge is 0.462 e. The van der Waals surface area contributed by atoms with Crippen molar-refractivity contribution in [3.05, 3.63) is 17.5 Å². The molecule has 1 aromatic heterocycles. The van der Waals surface area contributed by atoms with Gasteiger partial charge in [0.05, 0.1) is 18.5 Å². The zero-order chi connectivity index (χ0) is 14.8. The molecule has 20 heavy (non-hydrogen) atoms. The lowest BCUT2D eigenvalue weighted by atomic mass is 10.2. The molecule has 0 radical (unpaired) electrons. The molecule has 0 saturated heterocycles. The third-order valence-electron chi connectivity index (χ3n) is 3.05. The number of rotatable bonds is 10. The van der Waals surface area contributed by atoms with Gasteiger partial charge in [0.15, 0.2) is 0 Å². The zero-order valence-corrected chi connectivity index (χ0v) is 12.6. The molecule has 0 fully saturated rings. The topological polar surface area (TPSA) is 65.4 Å². The van der Waals surface area contributed by atoms with E-state index in [0.29, 0.717) is 18.7 Å². The highest BCUT2D eigenvalue weighted by molar-refractivity contribution is 5.90. The Kier molecular flexibility index (Phi) is 7.91. The van der Waals surface area contributed by atoms with E-state index in [1.54, 1.807) is 24.9 Å². The van der Waals surface area contributed by atoms with Crippen molar-refractivity contribution >= 4 is 5.97 Å². The second-order valence-corrected chi connectivity index (χ2v) is 4.58. The summed E-state index contributed by atoms with van der Waals surface area (Å²) in [7, 11) is 3.55. The van der Waals surface area contributed by atoms with Crippen LogP contribution in [-0.2, 0) is 23.1 Å². The van der Waals surface area contributed by atoms with Crippen LogP contribution >= 0.6 is 0 Å². The van der Waals surface area contributed by atoms with Crippen molar-refractivity contribution in [3.8, 4) is 0 Å². The molecule has 1 heterocycles. The van der Waals surface area contributed by atoms with Gasteiger partial charge in [0.25, 0.3) is 0 Å². The van der Waals surface area contributed by atoms with Crippen LogP contribution in [-0.4, -0.2) is 42.6 Å². The van der Waals surface area contributed by atoms with Crippen LogP contribution in [0.15, 0.2) is 6.20 Å². The fourth-order valence-electron chi connectivity index (χ4n) is 1.93. The maximum atomic E-state index is 11.8. The molecule has 0 bridgehead atoms. The molecular formula is C14H25N3O3. The number of esters is 1. The summed E-state index contributed by atoms with van der Waals surface area (Å²) in [5.74, 6) is -0.308. The van der Waals surface area contributed by atoms with Gasteiger partial charge >= 0.3 is 5.97 Å². The molecule has 6 nitrogen and oxygen atoms in total. The first kappa shape index (κ1) is 16.7. The Balaban J connectivity index is 2.36. The van der Waals surface area contributed by atoms with E-state index in [2.05, 4.69) is 10.4 Å². The summed E-state index contributed by atoms with van der Waals surface area (Å²) in [6, 6.07) is 0. The average Bonchev–Trinajstić information content (AvgIpc) is 2.79. The number of nitrogens with zero attached hydrogens (tertiary/aromatic N) is 2. The molecule has 0 aromatic carbocycles. The normalized spacial score (nSPS) is 10.8. The molecule has 0 atom stereocenters. The van der Waals surface area contributed by atoms with Gasteiger partial charge in [-0.1, -0.05) is 0 Å². The number of carbonyl (C=O) groups excluding carboxylic acids is 1. The minimum absolute atomic E-state index is 0.308. The van der Waals surface area contributed by atoms with Crippen LogP contribution in [0.2, 0.25) is 0 Å². The smallest absolute Gasteiger partial charge is 0.341 e. The molecule has 0 amide bonds. The highest BCUT2D eigenvalue weighted by Crippen LogP contribution is 2.09. The maximum absolute atomic E-state index is 11.8. The SMILES string of the molecule is CCOC(=O)c1cnn(C)c1CNCCCCCOC. The zero-order valence-electron chi connectivity index (χ0n) is 12.6. The summed E-state index contributed by atoms with van der Waals surface area (Å²) in [6.07, 6.45) is 4.87. The van der Waals surface area contributed by atoms with Crippen molar-refractivity contribution in [3.63, 3.8) is 0 Å². The van der Waals surface area contributed by atoms with E-state index >= 15 is 0 Å². The molecule has 0 aliphatic rings. The summed E-state index contributed by atoms with van der Waals surface area (Å²) < 4.78 is 11.7. The number of hydrogen-bond donors (Lipinski definition) is 1. The number of hydrogen-bond acceptors (Lipinski definition) is 5. The van der Waals surface area contributed by atoms with E-state index in [-0.39, 0.29) is 5.97 Å². The van der Waals surface area contributed by atoms with Gasteiger partial charge in [0.1, 0.15) is 5.56 Å². The van der Waals surface area contributed by atoms with Crippen molar-refractivity contribution in [1.82, 2.24) is 15.1 Å². The van der Waals surface area contributed by atoms with Gasteiger partial charge in [-0.3, -0.25) is 4.68 Å². The Morgan fingerprint density at radius 1 is 1.40 bits per heavy atom. The summed E-state index contributed by atoms with van der Waals surface area (Å²) in [4.78, 5) is 11.8. The van der Waals surface area contributed by atoms with E-state index in [4.69, 9.17) is 9.47 Å². The maximum Gasteiger partial charge on any atom is 0.341 e. The van der Waals surface area contributed by atoms with Crippen molar-refractivity contribution in [2.75, 3.05) is 26.9 Å². The lowest BCUT2D eigenvalue weighted by molar-refractivity contribution is 0.0524. The van der Waals surface area contributed by atoms with Crippen molar-refractivity contribution in [1.29, 1.82) is 0 Å². The van der Waals surface area contributed by atoms with Gasteiger partial charge in [-0.25, -0.2) is 4.79 Å². The Morgan fingerprint density at radius 2 is 2.20 bits per heavy atom. The monoisotopic (exact) mass is 283 g/mol. The molecule has 1 aromatic rings. The highest BCUT2D eigenvalue weighted by Gasteiger charge is 2.16. The minimum Gasteiger partial charge on any atom is -0.462 e. The number of unbranched alkanes of at least 4 members (excludes halogenated alkanes) is 2. The number of aromatic nitrogens is 2. The second kappa shape index (κ2) is 9.50. The Labute approximate surface area is 120 Å². The number of ether oxygens (including phenoxy) is 2. The third-order valence-corrected chi connectivity index (χ3v) is 3.05. The second-order valence-electron chi connectivity index (χ2n) is 4.58. The van der Waals surface area contributed by atoms with Crippen LogP contribution in [0.5, 0.6) is 0 Å². The summed E-state index contributed by atoms with van der Waals surface area (Å²) in [6.45, 7) is 4.52. The van der Waals surface area contributed by atoms with Gasteiger partial charge in [0, 0.05) is 27.3 Å². The average molecular weight is 283 g/mol. The molecule has 0 unspecified atom stereocenters. The van der Waals surface area contributed by atoms with Gasteiger partial charge in [-0.05, 0) is 32.7 Å². The number of carbonyl (C=O) groups is 1. The molecule has 6 heteroatoms. The van der Waals surface area contributed by atoms with E-state index in [9.17, 15) is 4.79 Å². The predicted octanol–water partition coefficient (Wildman–Crippen LogP) is 1.50. The van der Waals surface area contributed by atoms with Crippen LogP contribution in [0, 0.1) is 0 Å². The van der Waals surface area contributed by atoms with Crippen molar-refractivity contribution in [2.24, 2.45) is 7.05 Å². The molecule has 0 aliphatic carbocycles. The van der Waals surface area contributed by atoms with Crippen molar-refractivity contribution < 1.29 is 14.3 Å². The lowest BCUT2D eigenvalue weighted by Crippen LogP contribution is -2.19. The minimum atomic E-state index is -0.308. The van der Waals surface area contributed by atoms with Gasteiger partial charge in [-0.15, -0.1) is 0 Å². The van der Waals surface area contributed by atoms with Gasteiger partial charge in [-0.2, -0.15) is 5.10 Å². The first-order valence-corrected chi connectivity index (χ1v) is 7.08. The van der Waals surface area contributed by atoms with Crippen LogP contribution in [0.4, 0.5) is 0 Å². The van der Waals surface area contributed by atoms with Gasteiger partial charge < -0.3 is 14.8 Å². The van der Waals surface area contributed by atoms with Crippen molar-refractivity contribution in [2.45, 2.75) is 32.7 Å². The van der Waals surface area contributed by atoms with Gasteiger partial charge in [0.2, 0.25) is 0 Å². The highest BCUT2D eigenvalue weighted by atomic mass is 16.5. The lowest BCUT2D eigenvalue weighted by Gasteiger charge is -2.08. The van der Waals surface area contributed by atoms with E-state index in [1.807, 2.05) is 7.05 Å². The quantitative estimate of drug-likeness (QED) is 0.521. The molecule has 0 spiro atoms. The first-order chi connectivity index (χ1) is 9.70. The van der Waals surface area contributed by atoms with Crippen LogP contribution < -0.4 is 5.32 Å². The van der Waals surface area contributed by atoms with Crippen LogP contribution in [0.3, 0.4) is 0 Å². The molecule has 1 N–H and O–H groups in total. The molecule has 114 valence electrons. The third kappa shape index (κ3) is 5.30. The van der Waals surface area contributed by atoms with E-state index in [1.165, 1.54) is 0 Å². The molecule has 1 rings (SSSR count). The number of nitrogens with one attached hydrogen (secondary N) is 1. The molecule has 0 saturated carbocycles. The predicted molar refractivity (Wildman–Crippen MR) is 76.6 cm³/mol. The number of aryl methyl sites for hydroxylation is 1. The Hall–Kier alpha value is -1.40. The summed E-state index contributed by atoms with van der Waals surface area (Å²) >= 11 is 0. The van der Waals surface area contributed by atoms with E-state index in [0.717, 1.165) is 38.1 Å². The summed E-state index contributed by atoms with van der Waals surface area (Å²) in [5, 5.41) is 7.45. The van der Waals surface area contributed by atoms with E-state index < -0.39 is 0 Å².